The molecule has 0 saturated carbocycles. The van der Waals surface area contributed by atoms with Crippen LogP contribution in [0, 0.1) is 0 Å². The van der Waals surface area contributed by atoms with E-state index >= 15 is 0 Å². The van der Waals surface area contributed by atoms with Gasteiger partial charge in [-0.15, -0.1) is 0 Å². The normalized spacial score (nSPS) is 12.1. The van der Waals surface area contributed by atoms with Crippen molar-refractivity contribution in [2.24, 2.45) is 5.73 Å². The third-order valence-corrected chi connectivity index (χ3v) is 2.99. The Hall–Kier alpha value is -0.940. The summed E-state index contributed by atoms with van der Waals surface area (Å²) in [5, 5.41) is 0. The summed E-state index contributed by atoms with van der Waals surface area (Å²) in [4.78, 5) is 0. The Morgan fingerprint density at radius 3 is 2.18 bits per heavy atom. The van der Waals surface area contributed by atoms with Gasteiger partial charge in [-0.2, -0.15) is 0 Å². The summed E-state index contributed by atoms with van der Waals surface area (Å²) < 4.78 is 16.9. The van der Waals surface area contributed by atoms with E-state index in [1.54, 1.807) is 21.3 Å². The number of halogens is 1. The van der Waals surface area contributed by atoms with Crippen molar-refractivity contribution in [3.63, 3.8) is 0 Å². The molecule has 96 valence electrons. The van der Waals surface area contributed by atoms with Gasteiger partial charge in [0, 0.05) is 17.7 Å². The van der Waals surface area contributed by atoms with Gasteiger partial charge in [-0.25, -0.2) is 0 Å². The second kappa shape index (κ2) is 6.12. The average molecular weight is 304 g/mol. The third-order valence-electron chi connectivity index (χ3n) is 2.40. The quantitative estimate of drug-likeness (QED) is 0.907. The first-order chi connectivity index (χ1) is 8.04. The highest BCUT2D eigenvalue weighted by atomic mass is 79.9. The molecule has 0 heterocycles. The van der Waals surface area contributed by atoms with Crippen molar-refractivity contribution in [2.45, 2.75) is 19.4 Å². The van der Waals surface area contributed by atoms with E-state index in [1.165, 1.54) is 0 Å². The number of nitrogens with two attached hydrogens (primary N) is 1. The standard InChI is InChI=1S/C12H18BrNO3/c1-7(14)5-8-11(16-3)9(13)6-10(15-2)12(8)17-4/h6-7H,5,14H2,1-4H3. The molecule has 1 aromatic rings. The molecule has 1 rings (SSSR count). The molecule has 1 unspecified atom stereocenters. The predicted molar refractivity (Wildman–Crippen MR) is 71.2 cm³/mol. The highest BCUT2D eigenvalue weighted by Crippen LogP contribution is 2.43. The van der Waals surface area contributed by atoms with Gasteiger partial charge in [0.1, 0.15) is 5.75 Å². The van der Waals surface area contributed by atoms with Crippen LogP contribution in [-0.4, -0.2) is 27.4 Å². The molecule has 1 aromatic carbocycles. The largest absolute Gasteiger partial charge is 0.495 e. The summed E-state index contributed by atoms with van der Waals surface area (Å²) in [6, 6.07) is 1.83. The maximum atomic E-state index is 5.85. The van der Waals surface area contributed by atoms with Crippen molar-refractivity contribution in [1.29, 1.82) is 0 Å². The zero-order valence-corrected chi connectivity index (χ0v) is 12.1. The zero-order chi connectivity index (χ0) is 13.0. The van der Waals surface area contributed by atoms with Crippen molar-refractivity contribution in [3.8, 4) is 17.2 Å². The molecule has 0 amide bonds. The lowest BCUT2D eigenvalue weighted by Gasteiger charge is -2.18. The van der Waals surface area contributed by atoms with Crippen LogP contribution < -0.4 is 19.9 Å². The summed E-state index contributed by atoms with van der Waals surface area (Å²) in [6.07, 6.45) is 0.655. The fraction of sp³-hybridized carbons (Fsp3) is 0.500. The van der Waals surface area contributed by atoms with E-state index in [1.807, 2.05) is 13.0 Å². The van der Waals surface area contributed by atoms with Crippen LogP contribution in [-0.2, 0) is 6.42 Å². The van der Waals surface area contributed by atoms with Crippen LogP contribution in [0.3, 0.4) is 0 Å². The topological polar surface area (TPSA) is 53.7 Å². The molecule has 0 bridgehead atoms. The van der Waals surface area contributed by atoms with Crippen molar-refractivity contribution in [3.05, 3.63) is 16.1 Å². The highest BCUT2D eigenvalue weighted by molar-refractivity contribution is 9.10. The molecule has 0 aliphatic carbocycles. The Kier molecular flexibility index (Phi) is 5.08. The first-order valence-electron chi connectivity index (χ1n) is 5.28. The van der Waals surface area contributed by atoms with E-state index < -0.39 is 0 Å². The van der Waals surface area contributed by atoms with Crippen LogP contribution in [0.1, 0.15) is 12.5 Å². The number of hydrogen-bond acceptors (Lipinski definition) is 4. The molecule has 17 heavy (non-hydrogen) atoms. The molecular formula is C12H18BrNO3. The average Bonchev–Trinajstić information content (AvgIpc) is 2.28. The number of rotatable bonds is 5. The molecule has 1 atom stereocenters. The van der Waals surface area contributed by atoms with E-state index in [2.05, 4.69) is 15.9 Å². The van der Waals surface area contributed by atoms with E-state index in [4.69, 9.17) is 19.9 Å². The Balaban J connectivity index is 3.41. The first-order valence-corrected chi connectivity index (χ1v) is 6.07. The van der Waals surface area contributed by atoms with Crippen molar-refractivity contribution in [1.82, 2.24) is 0 Å². The molecule has 5 heteroatoms. The van der Waals surface area contributed by atoms with E-state index in [0.717, 1.165) is 15.8 Å². The number of ether oxygens (including phenoxy) is 3. The summed E-state index contributed by atoms with van der Waals surface area (Å²) in [6.45, 7) is 1.94. The summed E-state index contributed by atoms with van der Waals surface area (Å²) in [7, 11) is 4.83. The first kappa shape index (κ1) is 14.1. The maximum Gasteiger partial charge on any atom is 0.167 e. The molecular weight excluding hydrogens is 286 g/mol. The fourth-order valence-corrected chi connectivity index (χ4v) is 2.35. The number of hydrogen-bond donors (Lipinski definition) is 1. The fourth-order valence-electron chi connectivity index (χ4n) is 1.75. The molecule has 0 aliphatic heterocycles. The molecule has 0 fully saturated rings. The van der Waals surface area contributed by atoms with Crippen molar-refractivity contribution >= 4 is 15.9 Å². The van der Waals surface area contributed by atoms with Crippen LogP contribution in [0.5, 0.6) is 17.2 Å². The minimum Gasteiger partial charge on any atom is -0.495 e. The Bertz CT molecular complexity index is 394. The Labute approximate surface area is 110 Å². The van der Waals surface area contributed by atoms with Crippen molar-refractivity contribution < 1.29 is 14.2 Å². The Morgan fingerprint density at radius 2 is 1.76 bits per heavy atom. The lowest BCUT2D eigenvalue weighted by molar-refractivity contribution is 0.341. The number of benzene rings is 1. The SMILES string of the molecule is COc1cc(Br)c(OC)c(CC(C)N)c1OC. The number of methoxy groups -OCH3 is 3. The molecule has 0 spiro atoms. The van der Waals surface area contributed by atoms with Crippen LogP contribution in [0.15, 0.2) is 10.5 Å². The van der Waals surface area contributed by atoms with Gasteiger partial charge in [0.2, 0.25) is 0 Å². The van der Waals surface area contributed by atoms with Gasteiger partial charge >= 0.3 is 0 Å². The predicted octanol–water partition coefficient (Wildman–Crippen LogP) is 2.36. The van der Waals surface area contributed by atoms with Crippen LogP contribution in [0.2, 0.25) is 0 Å². The summed E-state index contributed by atoms with van der Waals surface area (Å²) in [5.74, 6) is 2.07. The maximum absolute atomic E-state index is 5.85. The highest BCUT2D eigenvalue weighted by Gasteiger charge is 2.20. The summed E-state index contributed by atoms with van der Waals surface area (Å²) in [5.41, 5.74) is 6.76. The van der Waals surface area contributed by atoms with Gasteiger partial charge in [-0.3, -0.25) is 0 Å². The Morgan fingerprint density at radius 1 is 1.18 bits per heavy atom. The molecule has 0 radical (unpaired) electrons. The van der Waals surface area contributed by atoms with Gasteiger partial charge in [0.25, 0.3) is 0 Å². The van der Waals surface area contributed by atoms with Crippen LogP contribution in [0.25, 0.3) is 0 Å². The van der Waals surface area contributed by atoms with Crippen LogP contribution in [0.4, 0.5) is 0 Å². The lowest BCUT2D eigenvalue weighted by atomic mass is 10.0. The molecule has 0 saturated heterocycles. The summed E-state index contributed by atoms with van der Waals surface area (Å²) >= 11 is 3.45. The minimum absolute atomic E-state index is 0.0109. The van der Waals surface area contributed by atoms with Crippen LogP contribution >= 0.6 is 15.9 Å². The van der Waals surface area contributed by atoms with Gasteiger partial charge in [-0.1, -0.05) is 0 Å². The zero-order valence-electron chi connectivity index (χ0n) is 10.5. The molecule has 4 nitrogen and oxygen atoms in total. The second-order valence-corrected chi connectivity index (χ2v) is 4.64. The minimum atomic E-state index is 0.0109. The van der Waals surface area contributed by atoms with Crippen molar-refractivity contribution in [2.75, 3.05) is 21.3 Å². The molecule has 2 N–H and O–H groups in total. The molecule has 0 aliphatic rings. The van der Waals surface area contributed by atoms with Gasteiger partial charge in [0.15, 0.2) is 11.5 Å². The van der Waals surface area contributed by atoms with E-state index in [9.17, 15) is 0 Å². The third kappa shape index (κ3) is 3.04. The second-order valence-electron chi connectivity index (χ2n) is 3.79. The molecule has 0 aromatic heterocycles. The smallest absolute Gasteiger partial charge is 0.167 e. The van der Waals surface area contributed by atoms with Gasteiger partial charge in [0.05, 0.1) is 25.8 Å². The van der Waals surface area contributed by atoms with Gasteiger partial charge in [-0.05, 0) is 29.3 Å². The lowest BCUT2D eigenvalue weighted by Crippen LogP contribution is -2.19. The monoisotopic (exact) mass is 303 g/mol. The van der Waals surface area contributed by atoms with E-state index in [-0.39, 0.29) is 6.04 Å². The van der Waals surface area contributed by atoms with E-state index in [0.29, 0.717) is 17.9 Å². The van der Waals surface area contributed by atoms with Gasteiger partial charge < -0.3 is 19.9 Å².